The standard InChI is InChI=1S/C18H22O2/c1-18-9-8-14-13-5-3-12(19)10-11(13)2-4-15(14)16(18)6-7-17(18)20/h8-10,15-17,20H,2-7H2,1H3/t15-,16+,17?,18+/m1/s1. The fourth-order valence-electron chi connectivity index (χ4n) is 4.99. The first-order chi connectivity index (χ1) is 9.59. The molecule has 0 aromatic rings. The minimum absolute atomic E-state index is 0.0274. The van der Waals surface area contributed by atoms with Crippen LogP contribution in [0.2, 0.25) is 0 Å². The van der Waals surface area contributed by atoms with E-state index < -0.39 is 0 Å². The van der Waals surface area contributed by atoms with Gasteiger partial charge in [-0.1, -0.05) is 19.1 Å². The molecule has 0 amide bonds. The monoisotopic (exact) mass is 270 g/mol. The van der Waals surface area contributed by atoms with Gasteiger partial charge in [0.1, 0.15) is 0 Å². The summed E-state index contributed by atoms with van der Waals surface area (Å²) in [5.41, 5.74) is 4.19. The van der Waals surface area contributed by atoms with Crippen LogP contribution >= 0.6 is 0 Å². The highest BCUT2D eigenvalue weighted by molar-refractivity contribution is 5.93. The van der Waals surface area contributed by atoms with Gasteiger partial charge in [-0.05, 0) is 66.7 Å². The maximum absolute atomic E-state index is 11.6. The Bertz CT molecular complexity index is 566. The molecule has 106 valence electrons. The number of hydrogen-bond acceptors (Lipinski definition) is 2. The fraction of sp³-hybridized carbons (Fsp3) is 0.611. The van der Waals surface area contributed by atoms with Crippen LogP contribution in [-0.2, 0) is 4.79 Å². The molecule has 20 heavy (non-hydrogen) atoms. The maximum Gasteiger partial charge on any atom is 0.156 e. The number of ketones is 1. The van der Waals surface area contributed by atoms with E-state index in [-0.39, 0.29) is 11.5 Å². The van der Waals surface area contributed by atoms with Crippen molar-refractivity contribution in [1.82, 2.24) is 0 Å². The summed E-state index contributed by atoms with van der Waals surface area (Å²) in [6.07, 6.45) is 12.1. The Balaban J connectivity index is 1.82. The highest BCUT2D eigenvalue weighted by Crippen LogP contribution is 2.57. The molecule has 4 atom stereocenters. The number of fused-ring (bicyclic) bond motifs is 4. The summed E-state index contributed by atoms with van der Waals surface area (Å²) in [6.45, 7) is 2.23. The molecule has 2 nitrogen and oxygen atoms in total. The SMILES string of the molecule is C[C@]12C=CC3=C4CCC(=O)C=C4CC[C@H]3[C@@H]1CCC2O. The minimum Gasteiger partial charge on any atom is -0.392 e. The lowest BCUT2D eigenvalue weighted by atomic mass is 9.60. The Morgan fingerprint density at radius 3 is 2.90 bits per heavy atom. The summed E-state index contributed by atoms with van der Waals surface area (Å²) in [7, 11) is 0. The predicted molar refractivity (Wildman–Crippen MR) is 78.1 cm³/mol. The van der Waals surface area contributed by atoms with Gasteiger partial charge >= 0.3 is 0 Å². The average molecular weight is 270 g/mol. The lowest BCUT2D eigenvalue weighted by Gasteiger charge is -2.44. The average Bonchev–Trinajstić information content (AvgIpc) is 2.74. The van der Waals surface area contributed by atoms with Gasteiger partial charge in [0.05, 0.1) is 6.10 Å². The second-order valence-electron chi connectivity index (χ2n) is 7.11. The Morgan fingerprint density at radius 2 is 2.05 bits per heavy atom. The van der Waals surface area contributed by atoms with E-state index in [9.17, 15) is 9.90 Å². The van der Waals surface area contributed by atoms with Crippen molar-refractivity contribution >= 4 is 5.78 Å². The highest BCUT2D eigenvalue weighted by Gasteiger charge is 2.51. The largest absolute Gasteiger partial charge is 0.392 e. The summed E-state index contributed by atoms with van der Waals surface area (Å²) in [6, 6.07) is 0. The Kier molecular flexibility index (Phi) is 2.62. The summed E-state index contributed by atoms with van der Waals surface area (Å²) < 4.78 is 0. The van der Waals surface area contributed by atoms with Crippen molar-refractivity contribution in [2.75, 3.05) is 0 Å². The molecule has 2 heteroatoms. The number of carbonyl (C=O) groups is 1. The summed E-state index contributed by atoms with van der Waals surface area (Å²) >= 11 is 0. The quantitative estimate of drug-likeness (QED) is 0.733. The zero-order valence-electron chi connectivity index (χ0n) is 12.1. The van der Waals surface area contributed by atoms with Crippen molar-refractivity contribution in [3.05, 3.63) is 34.9 Å². The summed E-state index contributed by atoms with van der Waals surface area (Å²) in [5.74, 6) is 1.48. The molecule has 0 aromatic heterocycles. The van der Waals surface area contributed by atoms with Gasteiger partial charge in [0.15, 0.2) is 5.78 Å². The van der Waals surface area contributed by atoms with Crippen LogP contribution in [0, 0.1) is 17.3 Å². The minimum atomic E-state index is -0.180. The van der Waals surface area contributed by atoms with E-state index in [1.807, 2.05) is 6.08 Å². The van der Waals surface area contributed by atoms with Crippen molar-refractivity contribution in [1.29, 1.82) is 0 Å². The molecular formula is C18H22O2. The molecule has 1 N–H and O–H groups in total. The van der Waals surface area contributed by atoms with Gasteiger partial charge in [-0.25, -0.2) is 0 Å². The lowest BCUT2D eigenvalue weighted by molar-refractivity contribution is -0.114. The number of hydrogen-bond donors (Lipinski definition) is 1. The fourth-order valence-corrected chi connectivity index (χ4v) is 4.99. The molecule has 4 aliphatic carbocycles. The van der Waals surface area contributed by atoms with Gasteiger partial charge in [0.25, 0.3) is 0 Å². The third-order valence-electron chi connectivity index (χ3n) is 6.19. The second-order valence-corrected chi connectivity index (χ2v) is 7.11. The molecule has 1 fully saturated rings. The van der Waals surface area contributed by atoms with Crippen molar-refractivity contribution in [2.45, 2.75) is 51.6 Å². The first-order valence-electron chi connectivity index (χ1n) is 7.94. The topological polar surface area (TPSA) is 37.3 Å². The number of allylic oxidation sites excluding steroid dienone is 5. The van der Waals surface area contributed by atoms with Gasteiger partial charge in [-0.15, -0.1) is 0 Å². The molecule has 0 radical (unpaired) electrons. The Morgan fingerprint density at radius 1 is 1.20 bits per heavy atom. The highest BCUT2D eigenvalue weighted by atomic mass is 16.3. The van der Waals surface area contributed by atoms with E-state index in [4.69, 9.17) is 0 Å². The van der Waals surface area contributed by atoms with Crippen LogP contribution < -0.4 is 0 Å². The second kappa shape index (κ2) is 4.17. The molecule has 0 saturated heterocycles. The zero-order valence-corrected chi connectivity index (χ0v) is 12.1. The molecule has 1 unspecified atom stereocenters. The van der Waals surface area contributed by atoms with E-state index in [2.05, 4.69) is 19.1 Å². The Labute approximate surface area is 120 Å². The first-order valence-corrected chi connectivity index (χ1v) is 7.94. The van der Waals surface area contributed by atoms with Crippen LogP contribution in [0.25, 0.3) is 0 Å². The van der Waals surface area contributed by atoms with E-state index in [0.29, 0.717) is 24.0 Å². The van der Waals surface area contributed by atoms with Crippen LogP contribution in [0.3, 0.4) is 0 Å². The summed E-state index contributed by atoms with van der Waals surface area (Å²) in [5, 5.41) is 10.3. The van der Waals surface area contributed by atoms with E-state index >= 15 is 0 Å². The molecule has 4 rings (SSSR count). The molecule has 0 spiro atoms. The number of rotatable bonds is 0. The smallest absolute Gasteiger partial charge is 0.156 e. The van der Waals surface area contributed by atoms with Gasteiger partial charge in [0.2, 0.25) is 0 Å². The van der Waals surface area contributed by atoms with Gasteiger partial charge in [0, 0.05) is 11.8 Å². The molecule has 4 aliphatic rings. The van der Waals surface area contributed by atoms with E-state index in [1.54, 1.807) is 0 Å². The van der Waals surface area contributed by atoms with E-state index in [0.717, 1.165) is 32.1 Å². The third kappa shape index (κ3) is 1.57. The van der Waals surface area contributed by atoms with Crippen LogP contribution in [0.15, 0.2) is 34.9 Å². The van der Waals surface area contributed by atoms with Gasteiger partial charge in [-0.3, -0.25) is 4.79 Å². The van der Waals surface area contributed by atoms with Crippen molar-refractivity contribution in [3.63, 3.8) is 0 Å². The van der Waals surface area contributed by atoms with Crippen LogP contribution in [0.1, 0.15) is 45.4 Å². The summed E-state index contributed by atoms with van der Waals surface area (Å²) in [4.78, 5) is 11.6. The predicted octanol–water partition coefficient (Wildman–Crippen LogP) is 3.33. The molecular weight excluding hydrogens is 248 g/mol. The molecule has 1 saturated carbocycles. The molecule has 0 heterocycles. The van der Waals surface area contributed by atoms with Crippen molar-refractivity contribution in [3.8, 4) is 0 Å². The van der Waals surface area contributed by atoms with Crippen molar-refractivity contribution in [2.24, 2.45) is 17.3 Å². The number of carbonyl (C=O) groups excluding carboxylic acids is 1. The van der Waals surface area contributed by atoms with Crippen LogP contribution in [0.4, 0.5) is 0 Å². The van der Waals surface area contributed by atoms with Crippen molar-refractivity contribution < 1.29 is 9.90 Å². The van der Waals surface area contributed by atoms with E-state index in [1.165, 1.54) is 16.7 Å². The maximum atomic E-state index is 11.6. The lowest BCUT2D eigenvalue weighted by Crippen LogP contribution is -2.39. The van der Waals surface area contributed by atoms with Crippen LogP contribution in [-0.4, -0.2) is 17.0 Å². The number of aliphatic hydroxyl groups is 1. The first kappa shape index (κ1) is 12.6. The molecule has 0 aliphatic heterocycles. The number of aliphatic hydroxyl groups excluding tert-OH is 1. The van der Waals surface area contributed by atoms with Crippen LogP contribution in [0.5, 0.6) is 0 Å². The normalized spacial score (nSPS) is 43.0. The third-order valence-corrected chi connectivity index (χ3v) is 6.19. The van der Waals surface area contributed by atoms with Gasteiger partial charge in [-0.2, -0.15) is 0 Å². The molecule has 0 bridgehead atoms. The Hall–Kier alpha value is -1.15. The molecule has 0 aromatic carbocycles. The van der Waals surface area contributed by atoms with Gasteiger partial charge < -0.3 is 5.11 Å². The zero-order chi connectivity index (χ0) is 13.9.